The second kappa shape index (κ2) is 7.78. The Morgan fingerprint density at radius 2 is 1.87 bits per heavy atom. The number of hydrogen-bond donors (Lipinski definition) is 0. The van der Waals surface area contributed by atoms with Gasteiger partial charge in [-0.25, -0.2) is 4.98 Å². The van der Waals surface area contributed by atoms with E-state index in [0.717, 1.165) is 61.2 Å². The Balaban J connectivity index is 1.33. The van der Waals surface area contributed by atoms with Gasteiger partial charge in [0.05, 0.1) is 32.7 Å². The smallest absolute Gasteiger partial charge is 0.135 e. The molecule has 0 bridgehead atoms. The van der Waals surface area contributed by atoms with E-state index in [2.05, 4.69) is 38.7 Å². The van der Waals surface area contributed by atoms with Gasteiger partial charge in [0.1, 0.15) is 29.5 Å². The molecule has 0 N–H and O–H groups in total. The second-order valence-corrected chi connectivity index (χ2v) is 8.16. The van der Waals surface area contributed by atoms with E-state index in [1.165, 1.54) is 5.56 Å². The fraction of sp³-hybridized carbons (Fsp3) is 0.375. The Bertz CT molecular complexity index is 1030. The van der Waals surface area contributed by atoms with Gasteiger partial charge in [-0.3, -0.25) is 4.90 Å². The van der Waals surface area contributed by atoms with Crippen LogP contribution in [0.15, 0.2) is 54.7 Å². The Labute approximate surface area is 177 Å². The lowest BCUT2D eigenvalue weighted by atomic mass is 10.0. The standard InChI is InChI=1S/C24H27N3O3/c1-28-20-8-6-18(7-9-20)14-26-11-10-24(16-26)17-27-22(13-25-23(27)15-30-24)19-4-3-5-21(12-19)29-2/h3-9,12-13H,10-11,14-17H2,1-2H3/t24-/m1/s1. The number of rotatable bonds is 5. The average molecular weight is 405 g/mol. The molecule has 6 heteroatoms. The lowest BCUT2D eigenvalue weighted by Crippen LogP contribution is -2.44. The van der Waals surface area contributed by atoms with Gasteiger partial charge in [0.15, 0.2) is 0 Å². The summed E-state index contributed by atoms with van der Waals surface area (Å²) in [5.74, 6) is 2.74. The molecular formula is C24H27N3O3. The summed E-state index contributed by atoms with van der Waals surface area (Å²) >= 11 is 0. The number of likely N-dealkylation sites (tertiary alicyclic amines) is 1. The molecule has 2 aromatic carbocycles. The fourth-order valence-corrected chi connectivity index (χ4v) is 4.57. The largest absolute Gasteiger partial charge is 0.497 e. The van der Waals surface area contributed by atoms with Gasteiger partial charge in [0.25, 0.3) is 0 Å². The zero-order valence-corrected chi connectivity index (χ0v) is 17.5. The van der Waals surface area contributed by atoms with Crippen molar-refractivity contribution in [2.75, 3.05) is 27.3 Å². The molecule has 0 amide bonds. The minimum Gasteiger partial charge on any atom is -0.497 e. The van der Waals surface area contributed by atoms with Crippen molar-refractivity contribution in [3.63, 3.8) is 0 Å². The quantitative estimate of drug-likeness (QED) is 0.647. The van der Waals surface area contributed by atoms with Crippen LogP contribution in [0.5, 0.6) is 11.5 Å². The number of imidazole rings is 1. The van der Waals surface area contributed by atoms with Gasteiger partial charge in [0.2, 0.25) is 0 Å². The molecule has 0 saturated carbocycles. The van der Waals surface area contributed by atoms with E-state index < -0.39 is 0 Å². The number of hydrogen-bond acceptors (Lipinski definition) is 5. The summed E-state index contributed by atoms with van der Waals surface area (Å²) < 4.78 is 19.4. The van der Waals surface area contributed by atoms with Gasteiger partial charge >= 0.3 is 0 Å². The van der Waals surface area contributed by atoms with E-state index in [9.17, 15) is 0 Å². The first-order valence-corrected chi connectivity index (χ1v) is 10.4. The summed E-state index contributed by atoms with van der Waals surface area (Å²) in [5.41, 5.74) is 3.39. The molecule has 1 spiro atoms. The minimum atomic E-state index is -0.159. The van der Waals surface area contributed by atoms with E-state index >= 15 is 0 Å². The SMILES string of the molecule is COc1ccc(CN2CC[C@@]3(C2)Cn2c(-c4cccc(OC)c4)cnc2CO3)cc1. The van der Waals surface area contributed by atoms with Crippen molar-refractivity contribution in [2.24, 2.45) is 0 Å². The minimum absolute atomic E-state index is 0.159. The highest BCUT2D eigenvalue weighted by atomic mass is 16.5. The third-order valence-electron chi connectivity index (χ3n) is 6.22. The van der Waals surface area contributed by atoms with Crippen molar-refractivity contribution in [3.8, 4) is 22.8 Å². The predicted octanol–water partition coefficient (Wildman–Crippen LogP) is 3.74. The van der Waals surface area contributed by atoms with Crippen LogP contribution < -0.4 is 9.47 Å². The first-order chi connectivity index (χ1) is 14.7. The molecule has 1 fully saturated rings. The highest BCUT2D eigenvalue weighted by Gasteiger charge is 2.43. The Kier molecular flexibility index (Phi) is 4.97. The van der Waals surface area contributed by atoms with Crippen LogP contribution in [0.1, 0.15) is 17.8 Å². The Morgan fingerprint density at radius 1 is 1.03 bits per heavy atom. The van der Waals surface area contributed by atoms with Gasteiger partial charge in [0, 0.05) is 25.2 Å². The van der Waals surface area contributed by atoms with E-state index in [1.807, 2.05) is 30.5 Å². The van der Waals surface area contributed by atoms with E-state index in [0.29, 0.717) is 6.61 Å². The molecule has 30 heavy (non-hydrogen) atoms. The maximum atomic E-state index is 6.38. The highest BCUT2D eigenvalue weighted by molar-refractivity contribution is 5.61. The van der Waals surface area contributed by atoms with Crippen LogP contribution in [0.3, 0.4) is 0 Å². The number of nitrogens with zero attached hydrogens (tertiary/aromatic N) is 3. The normalized spacial score (nSPS) is 21.0. The lowest BCUT2D eigenvalue weighted by Gasteiger charge is -2.35. The van der Waals surface area contributed by atoms with Gasteiger partial charge in [-0.05, 0) is 36.2 Å². The van der Waals surface area contributed by atoms with Gasteiger partial charge in [-0.1, -0.05) is 24.3 Å². The molecule has 0 radical (unpaired) electrons. The van der Waals surface area contributed by atoms with E-state index in [4.69, 9.17) is 14.2 Å². The van der Waals surface area contributed by atoms with Crippen LogP contribution >= 0.6 is 0 Å². The number of benzene rings is 2. The van der Waals surface area contributed by atoms with Crippen molar-refractivity contribution in [2.45, 2.75) is 31.7 Å². The molecule has 1 atom stereocenters. The number of fused-ring (bicyclic) bond motifs is 1. The van der Waals surface area contributed by atoms with Crippen LogP contribution in [-0.4, -0.2) is 47.4 Å². The van der Waals surface area contributed by atoms with Crippen LogP contribution in [0.2, 0.25) is 0 Å². The third-order valence-corrected chi connectivity index (χ3v) is 6.22. The first-order valence-electron chi connectivity index (χ1n) is 10.4. The predicted molar refractivity (Wildman–Crippen MR) is 115 cm³/mol. The van der Waals surface area contributed by atoms with Crippen LogP contribution in [0, 0.1) is 0 Å². The molecule has 1 saturated heterocycles. The Hall–Kier alpha value is -2.83. The summed E-state index contributed by atoms with van der Waals surface area (Å²) in [4.78, 5) is 7.10. The monoisotopic (exact) mass is 405 g/mol. The number of ether oxygens (including phenoxy) is 3. The van der Waals surface area contributed by atoms with E-state index in [1.54, 1.807) is 14.2 Å². The molecule has 3 heterocycles. The van der Waals surface area contributed by atoms with Crippen LogP contribution in [0.4, 0.5) is 0 Å². The first kappa shape index (κ1) is 19.2. The summed E-state index contributed by atoms with van der Waals surface area (Å²) in [7, 11) is 3.40. The summed E-state index contributed by atoms with van der Waals surface area (Å²) in [6, 6.07) is 16.5. The topological polar surface area (TPSA) is 48.8 Å². The van der Waals surface area contributed by atoms with Gasteiger partial charge < -0.3 is 18.8 Å². The maximum Gasteiger partial charge on any atom is 0.135 e. The van der Waals surface area contributed by atoms with Gasteiger partial charge in [-0.2, -0.15) is 0 Å². The second-order valence-electron chi connectivity index (χ2n) is 8.16. The zero-order valence-electron chi connectivity index (χ0n) is 17.5. The molecule has 2 aliphatic rings. The highest BCUT2D eigenvalue weighted by Crippen LogP contribution is 2.36. The zero-order chi connectivity index (χ0) is 20.6. The molecule has 156 valence electrons. The molecule has 0 unspecified atom stereocenters. The molecular weight excluding hydrogens is 378 g/mol. The van der Waals surface area contributed by atoms with Crippen molar-refractivity contribution < 1.29 is 14.2 Å². The fourth-order valence-electron chi connectivity index (χ4n) is 4.57. The molecule has 3 aromatic rings. The molecule has 5 rings (SSSR count). The summed E-state index contributed by atoms with van der Waals surface area (Å²) in [5, 5.41) is 0. The number of methoxy groups -OCH3 is 2. The third kappa shape index (κ3) is 3.57. The van der Waals surface area contributed by atoms with Gasteiger partial charge in [-0.15, -0.1) is 0 Å². The van der Waals surface area contributed by atoms with Crippen molar-refractivity contribution >= 4 is 0 Å². The lowest BCUT2D eigenvalue weighted by molar-refractivity contribution is -0.0821. The van der Waals surface area contributed by atoms with Crippen molar-refractivity contribution in [3.05, 3.63) is 66.1 Å². The van der Waals surface area contributed by atoms with E-state index in [-0.39, 0.29) is 5.60 Å². The molecule has 2 aliphatic heterocycles. The van der Waals surface area contributed by atoms with Crippen LogP contribution in [-0.2, 0) is 24.4 Å². The maximum absolute atomic E-state index is 6.38. The Morgan fingerprint density at radius 3 is 2.67 bits per heavy atom. The average Bonchev–Trinajstić information content (AvgIpc) is 3.38. The summed E-state index contributed by atoms with van der Waals surface area (Å²) in [6.45, 7) is 4.27. The van der Waals surface area contributed by atoms with Crippen molar-refractivity contribution in [1.82, 2.24) is 14.5 Å². The molecule has 1 aromatic heterocycles. The van der Waals surface area contributed by atoms with Crippen molar-refractivity contribution in [1.29, 1.82) is 0 Å². The molecule has 0 aliphatic carbocycles. The summed E-state index contributed by atoms with van der Waals surface area (Å²) in [6.07, 6.45) is 2.98. The van der Waals surface area contributed by atoms with Crippen LogP contribution in [0.25, 0.3) is 11.3 Å². The number of aromatic nitrogens is 2. The molecule has 6 nitrogen and oxygen atoms in total.